The van der Waals surface area contributed by atoms with Gasteiger partial charge in [0, 0.05) is 38.7 Å². The van der Waals surface area contributed by atoms with Crippen molar-refractivity contribution in [1.29, 1.82) is 0 Å². The Labute approximate surface area is 183 Å². The Balaban J connectivity index is 0.00000392. The van der Waals surface area contributed by atoms with Gasteiger partial charge in [-0.25, -0.2) is 8.42 Å². The van der Waals surface area contributed by atoms with Crippen molar-refractivity contribution >= 4 is 39.8 Å². The molecule has 1 aromatic heterocycles. The van der Waals surface area contributed by atoms with Crippen LogP contribution in [0.5, 0.6) is 0 Å². The SMILES string of the molecule is CN=C(NCCc1ccc(S(C)(=O)=O)cc1)NCCc1nc(C(C)C)no1.I. The Kier molecular flexibility index (Phi) is 9.87. The molecule has 0 atom stereocenters. The van der Waals surface area contributed by atoms with E-state index in [0.29, 0.717) is 36.3 Å². The number of hydrogen-bond acceptors (Lipinski definition) is 6. The normalized spacial score (nSPS) is 12.0. The molecule has 0 saturated heterocycles. The summed E-state index contributed by atoms with van der Waals surface area (Å²) >= 11 is 0. The van der Waals surface area contributed by atoms with Gasteiger partial charge in [0.05, 0.1) is 4.90 Å². The van der Waals surface area contributed by atoms with E-state index in [1.807, 2.05) is 26.0 Å². The number of hydrogen-bond donors (Lipinski definition) is 2. The molecule has 0 saturated carbocycles. The maximum Gasteiger partial charge on any atom is 0.228 e. The molecular formula is C18H28IN5O3S. The second-order valence-electron chi connectivity index (χ2n) is 6.54. The number of nitrogens with one attached hydrogen (secondary N) is 2. The van der Waals surface area contributed by atoms with E-state index in [1.165, 1.54) is 6.26 Å². The highest BCUT2D eigenvalue weighted by Crippen LogP contribution is 2.11. The first-order valence-electron chi connectivity index (χ1n) is 8.85. The predicted octanol–water partition coefficient (Wildman–Crippen LogP) is 2.16. The molecule has 1 aromatic carbocycles. The van der Waals surface area contributed by atoms with E-state index in [4.69, 9.17) is 4.52 Å². The van der Waals surface area contributed by atoms with E-state index in [9.17, 15) is 8.42 Å². The van der Waals surface area contributed by atoms with Crippen LogP contribution in [-0.2, 0) is 22.7 Å². The summed E-state index contributed by atoms with van der Waals surface area (Å²) in [5.41, 5.74) is 1.05. The lowest BCUT2D eigenvalue weighted by molar-refractivity contribution is 0.371. The van der Waals surface area contributed by atoms with E-state index in [1.54, 1.807) is 19.2 Å². The number of sulfone groups is 1. The predicted molar refractivity (Wildman–Crippen MR) is 120 cm³/mol. The average Bonchev–Trinajstić information content (AvgIpc) is 3.09. The summed E-state index contributed by atoms with van der Waals surface area (Å²) in [7, 11) is -1.45. The standard InChI is InChI=1S/C18H27N5O3S.HI/c1-13(2)17-22-16(26-23-17)10-12-21-18(19-3)20-11-9-14-5-7-15(8-6-14)27(4,24)25;/h5-8,13H,9-12H2,1-4H3,(H2,19,20,21);1H. The number of aromatic nitrogens is 2. The molecular weight excluding hydrogens is 493 g/mol. The largest absolute Gasteiger partial charge is 0.356 e. The van der Waals surface area contributed by atoms with Crippen LogP contribution in [0.1, 0.15) is 37.0 Å². The number of guanidine groups is 1. The van der Waals surface area contributed by atoms with Crippen molar-refractivity contribution in [2.24, 2.45) is 4.99 Å². The van der Waals surface area contributed by atoms with Crippen LogP contribution in [0, 0.1) is 0 Å². The van der Waals surface area contributed by atoms with Gasteiger partial charge in [-0.1, -0.05) is 31.1 Å². The number of benzene rings is 1. The first kappa shape index (κ1) is 24.3. The molecule has 0 fully saturated rings. The second-order valence-corrected chi connectivity index (χ2v) is 8.56. The summed E-state index contributed by atoms with van der Waals surface area (Å²) in [5, 5.41) is 10.4. The van der Waals surface area contributed by atoms with Gasteiger partial charge in [0.2, 0.25) is 5.89 Å². The highest BCUT2D eigenvalue weighted by Gasteiger charge is 2.09. The van der Waals surface area contributed by atoms with Crippen LogP contribution in [0.15, 0.2) is 38.7 Å². The van der Waals surface area contributed by atoms with Gasteiger partial charge in [-0.3, -0.25) is 4.99 Å². The van der Waals surface area contributed by atoms with Crippen LogP contribution < -0.4 is 10.6 Å². The van der Waals surface area contributed by atoms with Gasteiger partial charge in [-0.05, 0) is 24.1 Å². The molecule has 156 valence electrons. The average molecular weight is 521 g/mol. The third-order valence-corrected chi connectivity index (χ3v) is 5.04. The van der Waals surface area contributed by atoms with Crippen molar-refractivity contribution in [2.45, 2.75) is 37.5 Å². The van der Waals surface area contributed by atoms with Crippen molar-refractivity contribution in [3.05, 3.63) is 41.5 Å². The molecule has 0 spiro atoms. The van der Waals surface area contributed by atoms with Crippen LogP contribution in [0.2, 0.25) is 0 Å². The van der Waals surface area contributed by atoms with Gasteiger partial charge in [0.25, 0.3) is 0 Å². The van der Waals surface area contributed by atoms with Crippen LogP contribution in [0.4, 0.5) is 0 Å². The highest BCUT2D eigenvalue weighted by atomic mass is 127. The van der Waals surface area contributed by atoms with Crippen molar-refractivity contribution in [3.63, 3.8) is 0 Å². The van der Waals surface area contributed by atoms with Crippen molar-refractivity contribution < 1.29 is 12.9 Å². The van der Waals surface area contributed by atoms with E-state index >= 15 is 0 Å². The molecule has 0 aliphatic heterocycles. The molecule has 8 nitrogen and oxygen atoms in total. The fourth-order valence-electron chi connectivity index (χ4n) is 2.34. The zero-order chi connectivity index (χ0) is 19.9. The van der Waals surface area contributed by atoms with Crippen molar-refractivity contribution in [2.75, 3.05) is 26.4 Å². The monoisotopic (exact) mass is 521 g/mol. The summed E-state index contributed by atoms with van der Waals surface area (Å²) in [4.78, 5) is 8.85. The number of aliphatic imine (C=N–C) groups is 1. The number of rotatable bonds is 8. The van der Waals surface area contributed by atoms with Crippen molar-refractivity contribution in [1.82, 2.24) is 20.8 Å². The van der Waals surface area contributed by atoms with E-state index in [-0.39, 0.29) is 29.9 Å². The Morgan fingerprint density at radius 3 is 2.25 bits per heavy atom. The molecule has 0 unspecified atom stereocenters. The Morgan fingerprint density at radius 2 is 1.75 bits per heavy atom. The zero-order valence-electron chi connectivity index (χ0n) is 16.6. The fourth-order valence-corrected chi connectivity index (χ4v) is 2.97. The van der Waals surface area contributed by atoms with Crippen LogP contribution >= 0.6 is 24.0 Å². The minimum Gasteiger partial charge on any atom is -0.356 e. The third kappa shape index (κ3) is 7.74. The van der Waals surface area contributed by atoms with Gasteiger partial charge in [-0.15, -0.1) is 24.0 Å². The maximum atomic E-state index is 11.5. The number of halogens is 1. The zero-order valence-corrected chi connectivity index (χ0v) is 19.7. The number of nitrogens with zero attached hydrogens (tertiary/aromatic N) is 3. The second kappa shape index (κ2) is 11.3. The smallest absolute Gasteiger partial charge is 0.228 e. The van der Waals surface area contributed by atoms with E-state index in [2.05, 4.69) is 25.8 Å². The molecule has 0 aliphatic carbocycles. The quantitative estimate of drug-likeness (QED) is 0.311. The summed E-state index contributed by atoms with van der Waals surface area (Å²) in [5.74, 6) is 2.25. The molecule has 0 bridgehead atoms. The molecule has 10 heteroatoms. The Hall–Kier alpha value is -1.69. The fraction of sp³-hybridized carbons (Fsp3) is 0.500. The summed E-state index contributed by atoms with van der Waals surface area (Å²) < 4.78 is 28.2. The lowest BCUT2D eigenvalue weighted by atomic mass is 10.1. The first-order chi connectivity index (χ1) is 12.8. The molecule has 0 radical (unpaired) electrons. The van der Waals surface area contributed by atoms with Gasteiger partial charge >= 0.3 is 0 Å². The molecule has 2 rings (SSSR count). The van der Waals surface area contributed by atoms with E-state index in [0.717, 1.165) is 17.8 Å². The third-order valence-electron chi connectivity index (χ3n) is 3.91. The van der Waals surface area contributed by atoms with Gasteiger partial charge in [0.1, 0.15) is 0 Å². The molecule has 0 amide bonds. The minimum absolute atomic E-state index is 0. The maximum absolute atomic E-state index is 11.5. The molecule has 2 N–H and O–H groups in total. The Bertz CT molecular complexity index is 864. The Morgan fingerprint density at radius 1 is 1.14 bits per heavy atom. The summed E-state index contributed by atoms with van der Waals surface area (Å²) in [6, 6.07) is 6.92. The van der Waals surface area contributed by atoms with Crippen LogP contribution in [0.3, 0.4) is 0 Å². The van der Waals surface area contributed by atoms with Crippen LogP contribution in [-0.4, -0.2) is 50.9 Å². The van der Waals surface area contributed by atoms with Gasteiger partial charge < -0.3 is 15.2 Å². The highest BCUT2D eigenvalue weighted by molar-refractivity contribution is 14.0. The lowest BCUT2D eigenvalue weighted by Gasteiger charge is -2.11. The van der Waals surface area contributed by atoms with Crippen LogP contribution in [0.25, 0.3) is 0 Å². The van der Waals surface area contributed by atoms with Gasteiger partial charge in [0.15, 0.2) is 21.6 Å². The molecule has 2 aromatic rings. The summed E-state index contributed by atoms with van der Waals surface area (Å²) in [6.45, 7) is 5.35. The van der Waals surface area contributed by atoms with Gasteiger partial charge in [-0.2, -0.15) is 4.98 Å². The van der Waals surface area contributed by atoms with Crippen molar-refractivity contribution in [3.8, 4) is 0 Å². The lowest BCUT2D eigenvalue weighted by Crippen LogP contribution is -2.39. The first-order valence-corrected chi connectivity index (χ1v) is 10.7. The molecule has 28 heavy (non-hydrogen) atoms. The molecule has 1 heterocycles. The molecule has 0 aliphatic rings. The topological polar surface area (TPSA) is 109 Å². The minimum atomic E-state index is -3.16. The summed E-state index contributed by atoms with van der Waals surface area (Å²) in [6.07, 6.45) is 2.58. The van der Waals surface area contributed by atoms with E-state index < -0.39 is 9.84 Å².